The molecule has 1 fully saturated rings. The van der Waals surface area contributed by atoms with Gasteiger partial charge in [0.1, 0.15) is 11.8 Å². The monoisotopic (exact) mass is 293 g/mol. The average molecular weight is 294 g/mol. The molecular formula is C12H14ClF2NO3. The van der Waals surface area contributed by atoms with Crippen molar-refractivity contribution in [1.82, 2.24) is 5.32 Å². The Morgan fingerprint density at radius 1 is 1.47 bits per heavy atom. The third-order valence-electron chi connectivity index (χ3n) is 2.85. The maximum Gasteiger partial charge on any atom is 0.408 e. The molecule has 1 saturated heterocycles. The van der Waals surface area contributed by atoms with Crippen LogP contribution in [0.4, 0.5) is 13.6 Å². The van der Waals surface area contributed by atoms with E-state index in [-0.39, 0.29) is 12.4 Å². The van der Waals surface area contributed by atoms with Crippen LogP contribution in [-0.2, 0) is 4.74 Å². The fourth-order valence-electron chi connectivity index (χ4n) is 1.85. The molecule has 0 saturated carbocycles. The predicted octanol–water partition coefficient (Wildman–Crippen LogP) is 2.84. The number of alkyl halides is 2. The van der Waals surface area contributed by atoms with Crippen LogP contribution < -0.4 is 10.1 Å². The van der Waals surface area contributed by atoms with Crippen LogP contribution in [0.25, 0.3) is 0 Å². The van der Waals surface area contributed by atoms with Crippen LogP contribution in [0, 0.1) is 6.92 Å². The molecule has 0 aliphatic carbocycles. The molecule has 1 heterocycles. The third kappa shape index (κ3) is 3.07. The zero-order valence-corrected chi connectivity index (χ0v) is 11.2. The second-order valence-electron chi connectivity index (χ2n) is 4.14. The lowest BCUT2D eigenvalue weighted by Gasteiger charge is -2.32. The van der Waals surface area contributed by atoms with E-state index in [1.807, 2.05) is 6.92 Å². The molecule has 4 nitrogen and oxygen atoms in total. The Morgan fingerprint density at radius 3 is 2.79 bits per heavy atom. The van der Waals surface area contributed by atoms with Crippen LogP contribution in [0.5, 0.6) is 5.75 Å². The minimum Gasteiger partial charge on any atom is -0.496 e. The van der Waals surface area contributed by atoms with E-state index in [9.17, 15) is 13.6 Å². The van der Waals surface area contributed by atoms with Crippen molar-refractivity contribution < 1.29 is 23.0 Å². The number of cyclic esters (lactones) is 1. The summed E-state index contributed by atoms with van der Waals surface area (Å²) in [5, 5.41) is 2.13. The third-order valence-corrected chi connectivity index (χ3v) is 2.85. The van der Waals surface area contributed by atoms with Crippen LogP contribution >= 0.6 is 12.4 Å². The highest BCUT2D eigenvalue weighted by Gasteiger charge is 2.46. The molecule has 19 heavy (non-hydrogen) atoms. The number of aryl methyl sites for hydroxylation is 1. The van der Waals surface area contributed by atoms with E-state index in [4.69, 9.17) is 4.74 Å². The van der Waals surface area contributed by atoms with Crippen molar-refractivity contribution in [2.75, 3.05) is 13.7 Å². The van der Waals surface area contributed by atoms with E-state index in [0.717, 1.165) is 5.56 Å². The van der Waals surface area contributed by atoms with Crippen molar-refractivity contribution in [3.8, 4) is 5.75 Å². The zero-order valence-electron chi connectivity index (χ0n) is 10.4. The van der Waals surface area contributed by atoms with Crippen molar-refractivity contribution in [2.24, 2.45) is 0 Å². The number of nitrogens with one attached hydrogen (secondary N) is 1. The van der Waals surface area contributed by atoms with Gasteiger partial charge in [0.05, 0.1) is 7.11 Å². The average Bonchev–Trinajstić information content (AvgIpc) is 2.33. The number of carbonyl (C=O) groups excluding carboxylic acids is 1. The zero-order chi connectivity index (χ0) is 13.3. The van der Waals surface area contributed by atoms with E-state index in [2.05, 4.69) is 10.1 Å². The molecule has 1 aliphatic heterocycles. The normalized spacial score (nSPS) is 20.8. The molecule has 0 radical (unpaired) electrons. The number of hydrogen-bond acceptors (Lipinski definition) is 3. The van der Waals surface area contributed by atoms with Gasteiger partial charge in [-0.25, -0.2) is 13.6 Å². The van der Waals surface area contributed by atoms with Gasteiger partial charge >= 0.3 is 12.0 Å². The topological polar surface area (TPSA) is 47.6 Å². The number of amides is 1. The molecule has 106 valence electrons. The molecule has 1 aliphatic rings. The summed E-state index contributed by atoms with van der Waals surface area (Å²) in [6.45, 7) is 0.892. The van der Waals surface area contributed by atoms with Gasteiger partial charge in [0, 0.05) is 0 Å². The molecule has 1 aromatic carbocycles. The van der Waals surface area contributed by atoms with Crippen molar-refractivity contribution >= 4 is 18.5 Å². The first-order chi connectivity index (χ1) is 8.44. The molecule has 1 N–H and O–H groups in total. The number of alkyl carbamates (subject to hydrolysis) is 1. The lowest BCUT2D eigenvalue weighted by molar-refractivity contribution is -0.104. The molecule has 1 amide bonds. The van der Waals surface area contributed by atoms with E-state index >= 15 is 0 Å². The Bertz CT molecular complexity index is 482. The van der Waals surface area contributed by atoms with Gasteiger partial charge in [-0.15, -0.1) is 12.4 Å². The first-order valence-corrected chi connectivity index (χ1v) is 5.39. The number of rotatable bonds is 2. The van der Waals surface area contributed by atoms with Gasteiger partial charge in [-0.2, -0.15) is 0 Å². The molecule has 0 unspecified atom stereocenters. The second kappa shape index (κ2) is 5.61. The molecule has 2 rings (SSSR count). The molecule has 0 spiro atoms. The maximum atomic E-state index is 13.7. The quantitative estimate of drug-likeness (QED) is 0.912. The van der Waals surface area contributed by atoms with Gasteiger partial charge in [0.2, 0.25) is 0 Å². The number of halogens is 3. The standard InChI is InChI=1S/C12H13F2NO3.ClH/c1-7-3-4-8(5-9(7)17-2)10-12(13,14)6-18-11(16)15-10;/h3-5,10H,6H2,1-2H3,(H,15,16);1H/t10-;/m0./s1. The van der Waals surface area contributed by atoms with Crippen LogP contribution in [0.1, 0.15) is 17.2 Å². The van der Waals surface area contributed by atoms with Gasteiger partial charge in [-0.1, -0.05) is 12.1 Å². The summed E-state index contributed by atoms with van der Waals surface area (Å²) in [5.74, 6) is -2.64. The Kier molecular flexibility index (Phi) is 4.57. The van der Waals surface area contributed by atoms with Crippen LogP contribution in [0.2, 0.25) is 0 Å². The molecule has 7 heteroatoms. The summed E-state index contributed by atoms with van der Waals surface area (Å²) in [7, 11) is 1.47. The first kappa shape index (κ1) is 15.5. The highest BCUT2D eigenvalue weighted by Crippen LogP contribution is 2.36. The van der Waals surface area contributed by atoms with Crippen molar-refractivity contribution in [3.05, 3.63) is 29.3 Å². The first-order valence-electron chi connectivity index (χ1n) is 5.39. The lowest BCUT2D eigenvalue weighted by atomic mass is 9.98. The lowest BCUT2D eigenvalue weighted by Crippen LogP contribution is -2.49. The smallest absolute Gasteiger partial charge is 0.408 e. The molecule has 1 atom stereocenters. The predicted molar refractivity (Wildman–Crippen MR) is 67.2 cm³/mol. The van der Waals surface area contributed by atoms with Crippen molar-refractivity contribution in [2.45, 2.75) is 18.9 Å². The van der Waals surface area contributed by atoms with E-state index in [1.54, 1.807) is 12.1 Å². The minimum atomic E-state index is -3.14. The summed E-state index contributed by atoms with van der Waals surface area (Å²) in [6.07, 6.45) is -0.842. The summed E-state index contributed by atoms with van der Waals surface area (Å²) < 4.78 is 36.7. The summed E-state index contributed by atoms with van der Waals surface area (Å²) in [5.41, 5.74) is 1.13. The van der Waals surface area contributed by atoms with Crippen molar-refractivity contribution in [1.29, 1.82) is 0 Å². The second-order valence-corrected chi connectivity index (χ2v) is 4.14. The van der Waals surface area contributed by atoms with Crippen LogP contribution in [0.15, 0.2) is 18.2 Å². The number of ether oxygens (including phenoxy) is 2. The SMILES string of the molecule is COc1cc([C@@H]2NC(=O)OCC2(F)F)ccc1C.Cl. The Labute approximate surface area is 115 Å². The number of methoxy groups -OCH3 is 1. The van der Waals surface area contributed by atoms with E-state index < -0.39 is 24.7 Å². The van der Waals surface area contributed by atoms with Crippen LogP contribution in [0.3, 0.4) is 0 Å². The summed E-state index contributed by atoms with van der Waals surface area (Å²) >= 11 is 0. The number of benzene rings is 1. The Morgan fingerprint density at radius 2 is 2.16 bits per heavy atom. The molecular weight excluding hydrogens is 280 g/mol. The van der Waals surface area contributed by atoms with Gasteiger partial charge in [-0.3, -0.25) is 0 Å². The Hall–Kier alpha value is -1.56. The Balaban J connectivity index is 0.00000180. The molecule has 0 aromatic heterocycles. The highest BCUT2D eigenvalue weighted by molar-refractivity contribution is 5.85. The van der Waals surface area contributed by atoms with Gasteiger partial charge < -0.3 is 14.8 Å². The number of hydrogen-bond donors (Lipinski definition) is 1. The minimum absolute atomic E-state index is 0. The van der Waals surface area contributed by atoms with E-state index in [1.165, 1.54) is 13.2 Å². The fraction of sp³-hybridized carbons (Fsp3) is 0.417. The maximum absolute atomic E-state index is 13.7. The van der Waals surface area contributed by atoms with Crippen LogP contribution in [-0.4, -0.2) is 25.7 Å². The highest BCUT2D eigenvalue weighted by atomic mass is 35.5. The van der Waals surface area contributed by atoms with E-state index in [0.29, 0.717) is 11.3 Å². The molecule has 1 aromatic rings. The van der Waals surface area contributed by atoms with Gasteiger partial charge in [0.25, 0.3) is 0 Å². The molecule has 0 bridgehead atoms. The van der Waals surface area contributed by atoms with Gasteiger partial charge in [-0.05, 0) is 24.1 Å². The van der Waals surface area contributed by atoms with Gasteiger partial charge in [0.15, 0.2) is 6.61 Å². The summed E-state index contributed by atoms with van der Waals surface area (Å²) in [6, 6.07) is 3.32. The largest absolute Gasteiger partial charge is 0.496 e. The fourth-order valence-corrected chi connectivity index (χ4v) is 1.85. The van der Waals surface area contributed by atoms with Crippen molar-refractivity contribution in [3.63, 3.8) is 0 Å². The number of carbonyl (C=O) groups is 1. The summed E-state index contributed by atoms with van der Waals surface area (Å²) in [4.78, 5) is 11.1.